The fourth-order valence-corrected chi connectivity index (χ4v) is 2.87. The van der Waals surface area contributed by atoms with Gasteiger partial charge in [-0.3, -0.25) is 9.78 Å². The van der Waals surface area contributed by atoms with Gasteiger partial charge in [0.25, 0.3) is 0 Å². The van der Waals surface area contributed by atoms with Gasteiger partial charge in [0.2, 0.25) is 5.91 Å². The predicted octanol–water partition coefficient (Wildman–Crippen LogP) is 2.09. The normalized spacial score (nSPS) is 22.2. The van der Waals surface area contributed by atoms with Crippen LogP contribution in [0.3, 0.4) is 0 Å². The number of amides is 1. The summed E-state index contributed by atoms with van der Waals surface area (Å²) in [5, 5.41) is 14.3. The Balaban J connectivity index is 0.000000290. The number of nitrogens with zero attached hydrogens (tertiary/aromatic N) is 2. The Morgan fingerprint density at radius 2 is 2.17 bits per heavy atom. The first-order valence-electron chi connectivity index (χ1n) is 7.88. The maximum Gasteiger partial charge on any atom is 0.235 e. The first-order valence-corrected chi connectivity index (χ1v) is 7.88. The van der Waals surface area contributed by atoms with Gasteiger partial charge in [-0.2, -0.15) is 5.26 Å². The molecule has 1 saturated carbocycles. The van der Waals surface area contributed by atoms with E-state index >= 15 is 0 Å². The molecule has 5 nitrogen and oxygen atoms in total. The third-order valence-corrected chi connectivity index (χ3v) is 4.45. The van der Waals surface area contributed by atoms with Crippen LogP contribution in [0.15, 0.2) is 30.6 Å². The summed E-state index contributed by atoms with van der Waals surface area (Å²) in [5.74, 6) is -0.341. The first-order chi connectivity index (χ1) is 11.4. The van der Waals surface area contributed by atoms with Gasteiger partial charge in [0, 0.05) is 29.8 Å². The van der Waals surface area contributed by atoms with Gasteiger partial charge in [0.05, 0.1) is 12.6 Å². The number of nitriles is 1. The second-order valence-corrected chi connectivity index (χ2v) is 6.56. The molecule has 2 aromatic rings. The summed E-state index contributed by atoms with van der Waals surface area (Å²) in [6, 6.07) is 8.08. The van der Waals surface area contributed by atoms with E-state index in [-0.39, 0.29) is 12.5 Å². The molecule has 2 aliphatic carbocycles. The predicted molar refractivity (Wildman–Crippen MR) is 88.7 cm³/mol. The van der Waals surface area contributed by atoms with Gasteiger partial charge in [-0.1, -0.05) is 18.2 Å². The van der Waals surface area contributed by atoms with E-state index in [0.717, 1.165) is 34.7 Å². The Labute approximate surface area is 139 Å². The highest BCUT2D eigenvalue weighted by Crippen LogP contribution is 2.40. The zero-order valence-corrected chi connectivity index (χ0v) is 13.5. The lowest BCUT2D eigenvalue weighted by Gasteiger charge is -2.23. The van der Waals surface area contributed by atoms with Crippen LogP contribution in [0, 0.1) is 11.3 Å². The Morgan fingerprint density at radius 1 is 1.46 bits per heavy atom. The van der Waals surface area contributed by atoms with Crippen molar-refractivity contribution in [1.29, 1.82) is 5.26 Å². The van der Waals surface area contributed by atoms with Crippen molar-refractivity contribution in [3.8, 4) is 6.07 Å². The largest absolute Gasteiger partial charge is 0.333 e. The van der Waals surface area contributed by atoms with Crippen LogP contribution >= 0.6 is 0 Å². The fraction of sp³-hybridized carbons (Fsp3) is 0.389. The van der Waals surface area contributed by atoms with Crippen molar-refractivity contribution in [3.05, 3.63) is 41.7 Å². The average molecular weight is 326 g/mol. The van der Waals surface area contributed by atoms with Crippen molar-refractivity contribution in [2.45, 2.75) is 37.4 Å². The number of carbonyl (C=O) groups is 1. The second kappa shape index (κ2) is 5.84. The topological polar surface area (TPSA) is 91.8 Å². The fourth-order valence-electron chi connectivity index (χ4n) is 2.87. The van der Waals surface area contributed by atoms with E-state index in [1.807, 2.05) is 18.2 Å². The lowest BCUT2D eigenvalue weighted by molar-refractivity contribution is -0.121. The second-order valence-electron chi connectivity index (χ2n) is 6.56. The summed E-state index contributed by atoms with van der Waals surface area (Å²) in [6.45, 7) is 1.50. The zero-order chi connectivity index (χ0) is 17.4. The molecule has 4 rings (SSSR count). The molecule has 1 aromatic carbocycles. The van der Waals surface area contributed by atoms with Crippen LogP contribution in [0.5, 0.6) is 0 Å². The standard InChI is InChI=1S/C14H12N4O.C4H7F/c15-5-12(19)18-14(8-16)4-9-2-1-3-10-6-17-7-11(14)13(9)10;1-4(5)2-3-4/h1-3,6-7H,4-5,15H2,(H,18,19);2-3H2,1H3. The lowest BCUT2D eigenvalue weighted by Crippen LogP contribution is -2.47. The molecule has 24 heavy (non-hydrogen) atoms. The number of hydrogen-bond acceptors (Lipinski definition) is 4. The number of nitrogens with two attached hydrogens (primary N) is 1. The van der Waals surface area contributed by atoms with Crippen molar-refractivity contribution < 1.29 is 9.18 Å². The van der Waals surface area contributed by atoms with Crippen molar-refractivity contribution in [2.75, 3.05) is 6.54 Å². The number of aromatic nitrogens is 1. The van der Waals surface area contributed by atoms with Gasteiger partial charge in [0.1, 0.15) is 5.67 Å². The van der Waals surface area contributed by atoms with Crippen molar-refractivity contribution in [3.63, 3.8) is 0 Å². The van der Waals surface area contributed by atoms with E-state index in [1.165, 1.54) is 0 Å². The van der Waals surface area contributed by atoms with E-state index in [1.54, 1.807) is 19.3 Å². The smallest absolute Gasteiger partial charge is 0.235 e. The number of carbonyl (C=O) groups excluding carboxylic acids is 1. The molecule has 0 aliphatic heterocycles. The van der Waals surface area contributed by atoms with Gasteiger partial charge in [-0.25, -0.2) is 4.39 Å². The summed E-state index contributed by atoms with van der Waals surface area (Å²) in [5.41, 5.74) is 5.33. The first kappa shape index (κ1) is 16.3. The van der Waals surface area contributed by atoms with E-state index in [0.29, 0.717) is 6.42 Å². The van der Waals surface area contributed by atoms with Crippen LogP contribution in [-0.2, 0) is 16.8 Å². The number of rotatable bonds is 2. The van der Waals surface area contributed by atoms with Crippen LogP contribution in [0.2, 0.25) is 0 Å². The van der Waals surface area contributed by atoms with Crippen molar-refractivity contribution >= 4 is 16.7 Å². The highest BCUT2D eigenvalue weighted by atomic mass is 19.1. The summed E-state index contributed by atoms with van der Waals surface area (Å²) < 4.78 is 11.8. The average Bonchev–Trinajstić information content (AvgIpc) is 3.18. The lowest BCUT2D eigenvalue weighted by atomic mass is 9.93. The molecule has 1 fully saturated rings. The third kappa shape index (κ3) is 2.95. The summed E-state index contributed by atoms with van der Waals surface area (Å²) in [7, 11) is 0. The minimum absolute atomic E-state index is 0.136. The zero-order valence-electron chi connectivity index (χ0n) is 13.5. The number of nitrogens with one attached hydrogen (secondary N) is 1. The molecular formula is C18H19FN4O. The van der Waals surface area contributed by atoms with Gasteiger partial charge in [-0.05, 0) is 30.7 Å². The van der Waals surface area contributed by atoms with Crippen molar-refractivity contribution in [1.82, 2.24) is 10.3 Å². The quantitative estimate of drug-likeness (QED) is 0.884. The molecule has 2 aliphatic rings. The summed E-state index contributed by atoms with van der Waals surface area (Å²) in [4.78, 5) is 15.8. The van der Waals surface area contributed by atoms with Crippen molar-refractivity contribution in [2.24, 2.45) is 5.73 Å². The molecular weight excluding hydrogens is 307 g/mol. The molecule has 1 aromatic heterocycles. The Morgan fingerprint density at radius 3 is 2.75 bits per heavy atom. The van der Waals surface area contributed by atoms with Gasteiger partial charge >= 0.3 is 0 Å². The SMILES string of the molecule is CC1(F)CC1.N#CC1(NC(=O)CN)Cc2cccc3cncc1c23. The molecule has 1 unspecified atom stereocenters. The maximum absolute atomic E-state index is 11.8. The molecule has 0 radical (unpaired) electrons. The van der Waals surface area contributed by atoms with Crippen LogP contribution in [0.4, 0.5) is 4.39 Å². The number of alkyl halides is 1. The minimum Gasteiger partial charge on any atom is -0.333 e. The van der Waals surface area contributed by atoms with Crippen LogP contribution in [0.25, 0.3) is 10.8 Å². The van der Waals surface area contributed by atoms with Crippen LogP contribution in [-0.4, -0.2) is 23.1 Å². The minimum atomic E-state index is -1.05. The molecule has 1 atom stereocenters. The van der Waals surface area contributed by atoms with Crippen LogP contribution in [0.1, 0.15) is 30.9 Å². The number of pyridine rings is 1. The Kier molecular flexibility index (Phi) is 3.98. The maximum atomic E-state index is 11.8. The Bertz CT molecular complexity index is 831. The molecule has 3 N–H and O–H groups in total. The number of halogens is 1. The van der Waals surface area contributed by atoms with E-state index in [4.69, 9.17) is 5.73 Å². The summed E-state index contributed by atoms with van der Waals surface area (Å²) >= 11 is 0. The molecule has 124 valence electrons. The highest BCUT2D eigenvalue weighted by Gasteiger charge is 2.41. The molecule has 1 amide bonds. The van der Waals surface area contributed by atoms with E-state index in [2.05, 4.69) is 16.4 Å². The van der Waals surface area contributed by atoms with Gasteiger partial charge < -0.3 is 11.1 Å². The summed E-state index contributed by atoms with van der Waals surface area (Å²) in [6.07, 6.45) is 5.44. The molecule has 0 bridgehead atoms. The molecule has 1 heterocycles. The highest BCUT2D eigenvalue weighted by molar-refractivity contribution is 5.93. The monoisotopic (exact) mass is 326 g/mol. The third-order valence-electron chi connectivity index (χ3n) is 4.45. The molecule has 6 heteroatoms. The molecule has 0 spiro atoms. The number of hydrogen-bond donors (Lipinski definition) is 2. The Hall–Kier alpha value is -2.52. The van der Waals surface area contributed by atoms with Gasteiger partial charge in [0.15, 0.2) is 5.54 Å². The van der Waals surface area contributed by atoms with Crippen LogP contribution < -0.4 is 11.1 Å². The van der Waals surface area contributed by atoms with E-state index in [9.17, 15) is 14.4 Å². The number of benzene rings is 1. The van der Waals surface area contributed by atoms with E-state index < -0.39 is 11.2 Å². The van der Waals surface area contributed by atoms with Gasteiger partial charge in [-0.15, -0.1) is 0 Å². The molecule has 0 saturated heterocycles.